The third-order valence-corrected chi connectivity index (χ3v) is 12.8. The molecule has 0 radical (unpaired) electrons. The van der Waals surface area contributed by atoms with Crippen LogP contribution < -0.4 is 30.2 Å². The van der Waals surface area contributed by atoms with Crippen molar-refractivity contribution >= 4 is 86.5 Å². The van der Waals surface area contributed by atoms with Crippen molar-refractivity contribution in [2.75, 3.05) is 57.4 Å². The monoisotopic (exact) mass is 777 g/mol. The fourth-order valence-corrected chi connectivity index (χ4v) is 8.68. The van der Waals surface area contributed by atoms with Gasteiger partial charge in [0.15, 0.2) is 17.3 Å². The molecule has 0 unspecified atom stereocenters. The van der Waals surface area contributed by atoms with Gasteiger partial charge in [-0.15, -0.1) is 0 Å². The highest BCUT2D eigenvalue weighted by Gasteiger charge is 2.89. The van der Waals surface area contributed by atoms with Gasteiger partial charge in [-0.1, -0.05) is 0 Å². The number of carbonyl (C=O) groups is 2. The molecule has 20 heteroatoms. The Hall–Kier alpha value is -6.18. The van der Waals surface area contributed by atoms with Gasteiger partial charge in [-0.25, -0.2) is 28.2 Å². The van der Waals surface area contributed by atoms with E-state index in [1.54, 1.807) is 31.0 Å². The van der Waals surface area contributed by atoms with Gasteiger partial charge in [0.2, 0.25) is 23.7 Å². The number of pyridine rings is 1. The normalized spacial score (nSPS) is 27.6. The van der Waals surface area contributed by atoms with Gasteiger partial charge in [0.25, 0.3) is 0 Å². The zero-order valence-electron chi connectivity index (χ0n) is 30.6. The summed E-state index contributed by atoms with van der Waals surface area (Å²) in [5.41, 5.74) is 3.79. The third kappa shape index (κ3) is 4.67. The lowest BCUT2D eigenvalue weighted by Gasteiger charge is -2.35. The second-order valence-electron chi connectivity index (χ2n) is 15.7. The minimum atomic E-state index is -1.16. The van der Waals surface area contributed by atoms with E-state index < -0.39 is 22.4 Å². The molecule has 0 atom stereocenters. The van der Waals surface area contributed by atoms with Crippen LogP contribution in [-0.2, 0) is 9.59 Å². The Balaban J connectivity index is 0.000000130. The molecule has 6 aromatic rings. The molecule has 284 valence electrons. The van der Waals surface area contributed by atoms with E-state index in [4.69, 9.17) is 0 Å². The van der Waals surface area contributed by atoms with Crippen LogP contribution in [0.15, 0.2) is 43.1 Å². The number of hydrogen-bond acceptors (Lipinski definition) is 15. The van der Waals surface area contributed by atoms with Crippen LogP contribution in [0, 0.1) is 13.8 Å². The van der Waals surface area contributed by atoms with Crippen LogP contribution in [0.3, 0.4) is 0 Å². The Bertz CT molecular complexity index is 2520. The highest BCUT2D eigenvalue weighted by atomic mass is 32.1. The molecular formula is C36H33F2N15O2S. The lowest BCUT2D eigenvalue weighted by molar-refractivity contribution is -0.118. The molecule has 2 N–H and O–H groups in total. The summed E-state index contributed by atoms with van der Waals surface area (Å²) >= 11 is 1.17. The first-order valence-corrected chi connectivity index (χ1v) is 18.8. The summed E-state index contributed by atoms with van der Waals surface area (Å²) < 4.78 is 39.0. The minimum Gasteiger partial charge on any atom is -0.336 e. The number of fused-ring (bicyclic) bond motifs is 6. The number of carbonyl (C=O) groups excluding carboxylic acids is 2. The maximum atomic E-state index is 14.4. The molecule has 6 aliphatic rings. The predicted octanol–water partition coefficient (Wildman–Crippen LogP) is 4.18. The zero-order chi connectivity index (χ0) is 38.5. The highest BCUT2D eigenvalue weighted by Crippen LogP contribution is 2.78. The molecule has 1 aromatic carbocycles. The fourth-order valence-electron chi connectivity index (χ4n) is 8.17. The first-order valence-electron chi connectivity index (χ1n) is 18.1. The number of aryl methyl sites for hydroxylation is 2. The van der Waals surface area contributed by atoms with Crippen molar-refractivity contribution in [2.24, 2.45) is 0 Å². The van der Waals surface area contributed by atoms with E-state index in [9.17, 15) is 18.4 Å². The zero-order valence-corrected chi connectivity index (χ0v) is 31.4. The van der Waals surface area contributed by atoms with Gasteiger partial charge in [-0.3, -0.25) is 9.59 Å². The van der Waals surface area contributed by atoms with Crippen LogP contribution in [0.25, 0.3) is 16.7 Å². The van der Waals surface area contributed by atoms with Gasteiger partial charge in [0.05, 0.1) is 60.2 Å². The number of nitrogens with one attached hydrogen (secondary N) is 2. The Morgan fingerprint density at radius 1 is 0.714 bits per heavy atom. The van der Waals surface area contributed by atoms with E-state index in [0.29, 0.717) is 60.6 Å². The summed E-state index contributed by atoms with van der Waals surface area (Å²) in [6, 6.07) is 5.79. The Kier molecular flexibility index (Phi) is 6.38. The van der Waals surface area contributed by atoms with Crippen molar-refractivity contribution in [3.05, 3.63) is 54.2 Å². The number of amides is 2. The molecule has 4 saturated carbocycles. The summed E-state index contributed by atoms with van der Waals surface area (Å²) in [5, 5.41) is 10.6. The van der Waals surface area contributed by atoms with Gasteiger partial charge in [0.1, 0.15) is 40.1 Å². The van der Waals surface area contributed by atoms with E-state index >= 15 is 0 Å². The molecule has 2 amide bonds. The Labute approximate surface area is 321 Å². The summed E-state index contributed by atoms with van der Waals surface area (Å²) in [7, 11) is 3.39. The average Bonchev–Trinajstić information content (AvgIpc) is 4.06. The van der Waals surface area contributed by atoms with Gasteiger partial charge in [-0.2, -0.15) is 23.8 Å². The van der Waals surface area contributed by atoms with Crippen LogP contribution in [0.2, 0.25) is 0 Å². The molecule has 2 aliphatic heterocycles. The molecule has 0 saturated heterocycles. The molecule has 7 heterocycles. The molecule has 5 aromatic heterocycles. The van der Waals surface area contributed by atoms with E-state index in [1.165, 1.54) is 27.9 Å². The van der Waals surface area contributed by atoms with Crippen molar-refractivity contribution in [3.63, 3.8) is 0 Å². The molecule has 17 nitrogen and oxygen atoms in total. The summed E-state index contributed by atoms with van der Waals surface area (Å²) in [6.45, 7) is 4.21. The first kappa shape index (κ1) is 33.2. The minimum absolute atomic E-state index is 0.0790. The third-order valence-electron chi connectivity index (χ3n) is 12.3. The lowest BCUT2D eigenvalue weighted by Crippen LogP contribution is -2.47. The van der Waals surface area contributed by atoms with Crippen LogP contribution in [0.4, 0.5) is 55.1 Å². The molecule has 4 aliphatic carbocycles. The maximum absolute atomic E-state index is 14.4. The number of halogens is 2. The second-order valence-corrected chi connectivity index (χ2v) is 16.2. The number of alkyl halides is 2. The summed E-state index contributed by atoms with van der Waals surface area (Å²) in [4.78, 5) is 53.7. The maximum Gasteiger partial charge on any atom is 0.246 e. The molecule has 12 rings (SSSR count). The predicted molar refractivity (Wildman–Crippen MR) is 204 cm³/mol. The van der Waals surface area contributed by atoms with Crippen molar-refractivity contribution < 1.29 is 18.4 Å². The van der Waals surface area contributed by atoms with Crippen LogP contribution in [0.1, 0.15) is 36.8 Å². The second kappa shape index (κ2) is 10.8. The van der Waals surface area contributed by atoms with Crippen molar-refractivity contribution in [1.82, 2.24) is 43.3 Å². The number of rotatable bonds is 6. The smallest absolute Gasteiger partial charge is 0.246 e. The number of aromatic nitrogens is 9. The molecular weight excluding hydrogens is 745 g/mol. The van der Waals surface area contributed by atoms with E-state index in [2.05, 4.69) is 49.4 Å². The first-order chi connectivity index (χ1) is 26.8. The highest BCUT2D eigenvalue weighted by molar-refractivity contribution is 7.00. The lowest BCUT2D eigenvalue weighted by atomic mass is 10.2. The van der Waals surface area contributed by atoms with Crippen molar-refractivity contribution in [2.45, 2.75) is 61.9 Å². The van der Waals surface area contributed by atoms with E-state index in [1.807, 2.05) is 48.0 Å². The molecule has 0 spiro atoms. The topological polar surface area (TPSA) is 179 Å². The quantitative estimate of drug-likeness (QED) is 0.246. The summed E-state index contributed by atoms with van der Waals surface area (Å²) in [6.07, 6.45) is 8.41. The molecule has 0 bridgehead atoms. The average molecular weight is 778 g/mol. The number of likely N-dealkylation sites (N-methyl/N-ethyl adjacent to an activating group) is 2. The van der Waals surface area contributed by atoms with Crippen molar-refractivity contribution in [1.29, 1.82) is 0 Å². The number of nitrogens with zero attached hydrogens (tertiary/aromatic N) is 13. The standard InChI is InChI=1S/C18H17FN8O.C18H16FN7OS/c1-10-3-13-21-9-22-27(13)5-11(10)23-16-20-4-12-15(24-16)26(6-14(28)25(12)2)18-7-17(18,19)8-18;1-9-3-11-12(24-28-23-11)4-10(9)21-16-20-5-13-15(22-16)26(6-14(27)25(13)2)18-7-17(18,19)8-18/h3-5,9H,6-8H2,1-2H3,(H,20,23,24);3-5H,6-8H2,1-2H3,(H,20,21,22). The number of hydrogen-bond donors (Lipinski definition) is 2. The van der Waals surface area contributed by atoms with Gasteiger partial charge in [-0.05, 0) is 43.2 Å². The van der Waals surface area contributed by atoms with Crippen LogP contribution >= 0.6 is 11.7 Å². The fraction of sp³-hybridized carbons (Fsp3) is 0.389. The van der Waals surface area contributed by atoms with Crippen LogP contribution in [-0.4, -0.2) is 105 Å². The van der Waals surface area contributed by atoms with Gasteiger partial charge >= 0.3 is 0 Å². The summed E-state index contributed by atoms with van der Waals surface area (Å²) in [5.74, 6) is 1.82. The number of benzene rings is 1. The SMILES string of the molecule is Cc1cc2ncnn2cc1Nc1ncc2c(n1)N(C13CC1(F)C3)CC(=O)N2C.Cc1cc2nsnc2cc1Nc1ncc2c(n1)N(C13CC1(F)C3)CC(=O)N2C. The van der Waals surface area contributed by atoms with Gasteiger partial charge in [0, 0.05) is 45.5 Å². The largest absolute Gasteiger partial charge is 0.336 e. The van der Waals surface area contributed by atoms with E-state index in [-0.39, 0.29) is 24.9 Å². The van der Waals surface area contributed by atoms with Crippen molar-refractivity contribution in [3.8, 4) is 0 Å². The van der Waals surface area contributed by atoms with Gasteiger partial charge < -0.3 is 30.2 Å². The Morgan fingerprint density at radius 2 is 1.21 bits per heavy atom. The van der Waals surface area contributed by atoms with Crippen LogP contribution in [0.5, 0.6) is 0 Å². The Morgan fingerprint density at radius 3 is 1.75 bits per heavy atom. The molecule has 56 heavy (non-hydrogen) atoms. The molecule has 4 fully saturated rings. The number of anilines is 8. The van der Waals surface area contributed by atoms with E-state index in [0.717, 1.165) is 39.2 Å².